The predicted molar refractivity (Wildman–Crippen MR) is 116 cm³/mol. The van der Waals surface area contributed by atoms with Gasteiger partial charge >= 0.3 is 0 Å². The van der Waals surface area contributed by atoms with Crippen molar-refractivity contribution in [2.75, 3.05) is 7.05 Å². The maximum absolute atomic E-state index is 14.6. The summed E-state index contributed by atoms with van der Waals surface area (Å²) in [6, 6.07) is 10.9. The van der Waals surface area contributed by atoms with Gasteiger partial charge < -0.3 is 4.89 Å². The highest BCUT2D eigenvalue weighted by molar-refractivity contribution is 7.69. The van der Waals surface area contributed by atoms with Crippen molar-refractivity contribution in [3.8, 4) is 0 Å². The van der Waals surface area contributed by atoms with Crippen molar-refractivity contribution in [1.82, 2.24) is 9.76 Å². The minimum Gasteiger partial charge on any atom is -0.647 e. The summed E-state index contributed by atoms with van der Waals surface area (Å²) < 4.78 is 2.19. The summed E-state index contributed by atoms with van der Waals surface area (Å²) in [6.07, 6.45) is 11.2. The lowest BCUT2D eigenvalue weighted by Gasteiger charge is -2.43. The van der Waals surface area contributed by atoms with Crippen molar-refractivity contribution in [3.05, 3.63) is 57.9 Å². The molecule has 4 aliphatic rings. The second-order valence-electron chi connectivity index (χ2n) is 9.19. The van der Waals surface area contributed by atoms with Crippen LogP contribution in [0.25, 0.3) is 0 Å². The van der Waals surface area contributed by atoms with E-state index < -0.39 is 7.79 Å². The third-order valence-electron chi connectivity index (χ3n) is 7.74. The molecule has 4 atom stereocenters. The molecule has 2 saturated carbocycles. The largest absolute Gasteiger partial charge is 0.647 e. The molecule has 1 aliphatic heterocycles. The maximum atomic E-state index is 14.6. The molecule has 1 aromatic rings. The molecule has 1 aromatic carbocycles. The molecule has 150 valence electrons. The molecule has 3 nitrogen and oxygen atoms in total. The average Bonchev–Trinajstić information content (AvgIpc) is 2.99. The number of benzene rings is 1. The van der Waals surface area contributed by atoms with E-state index in [0.29, 0.717) is 5.92 Å². The molecule has 1 saturated heterocycles. The highest BCUT2D eigenvalue weighted by Crippen LogP contribution is 2.69. The van der Waals surface area contributed by atoms with Crippen molar-refractivity contribution < 1.29 is 4.89 Å². The normalized spacial score (nSPS) is 36.5. The number of rotatable bonds is 2. The minimum atomic E-state index is -2.74. The van der Waals surface area contributed by atoms with Crippen molar-refractivity contribution in [1.29, 1.82) is 0 Å². The average molecular weight is 397 g/mol. The first-order valence-electron chi connectivity index (χ1n) is 11.2. The van der Waals surface area contributed by atoms with Crippen LogP contribution in [0.5, 0.6) is 0 Å². The summed E-state index contributed by atoms with van der Waals surface area (Å²) in [5, 5.41) is 4.97. The van der Waals surface area contributed by atoms with Gasteiger partial charge in [0.2, 0.25) is 0 Å². The van der Waals surface area contributed by atoms with E-state index in [4.69, 9.17) is 0 Å². The van der Waals surface area contributed by atoms with Gasteiger partial charge in [-0.1, -0.05) is 42.3 Å². The predicted octanol–water partition coefficient (Wildman–Crippen LogP) is 5.49. The summed E-state index contributed by atoms with van der Waals surface area (Å²) in [4.78, 5) is 14.6. The third-order valence-corrected chi connectivity index (χ3v) is 10.8. The van der Waals surface area contributed by atoms with Gasteiger partial charge in [-0.2, -0.15) is 9.76 Å². The Morgan fingerprint density at radius 3 is 2.50 bits per heavy atom. The monoisotopic (exact) mass is 396 g/mol. The van der Waals surface area contributed by atoms with Gasteiger partial charge in [0.15, 0.2) is 0 Å². The Kier molecular flexibility index (Phi) is 5.00. The second-order valence-corrected chi connectivity index (χ2v) is 11.8. The van der Waals surface area contributed by atoms with Gasteiger partial charge in [-0.3, -0.25) is 0 Å². The van der Waals surface area contributed by atoms with E-state index in [1.807, 2.05) is 0 Å². The van der Waals surface area contributed by atoms with Crippen LogP contribution in [0.15, 0.2) is 52.4 Å². The Balaban J connectivity index is 1.57. The van der Waals surface area contributed by atoms with E-state index in [0.717, 1.165) is 12.8 Å². The topological polar surface area (TPSA) is 38.3 Å². The molecular weight excluding hydrogens is 363 g/mol. The molecule has 28 heavy (non-hydrogen) atoms. The smallest absolute Gasteiger partial charge is 0.134 e. The Morgan fingerprint density at radius 1 is 1.00 bits per heavy atom. The van der Waals surface area contributed by atoms with Crippen LogP contribution in [0.4, 0.5) is 0 Å². The molecular formula is C24H33N2OP. The standard InChI is InChI=1S/C24H33N2OP/c1-17-24(18-10-4-3-5-11-18)25-28(27,26(17)2)23-16-19-12-6-7-13-20(19)21-14-8-9-15-22(21)23/h3-5,10-11,17,19,24H,6-9,12-16H2,1-2H3,(H,25,27)/t17-,19+,24-,28?/m0/s1. The molecule has 0 spiro atoms. The van der Waals surface area contributed by atoms with Crippen LogP contribution >= 0.6 is 7.79 Å². The zero-order valence-corrected chi connectivity index (χ0v) is 18.2. The van der Waals surface area contributed by atoms with Crippen molar-refractivity contribution >= 4 is 7.79 Å². The molecule has 3 aliphatic carbocycles. The van der Waals surface area contributed by atoms with E-state index in [9.17, 15) is 4.89 Å². The number of likely N-dealkylation sites (N-methyl/N-ethyl adjacent to an activating group) is 1. The fourth-order valence-corrected chi connectivity index (χ4v) is 9.28. The number of hydrogen-bond donors (Lipinski definition) is 1. The molecule has 0 bridgehead atoms. The van der Waals surface area contributed by atoms with Crippen LogP contribution in [-0.2, 0) is 0 Å². The first-order valence-corrected chi connectivity index (χ1v) is 12.9. The number of allylic oxidation sites excluding steroid dienone is 4. The molecule has 0 amide bonds. The maximum Gasteiger partial charge on any atom is 0.134 e. The SMILES string of the molecule is C[C@H]1[C@@H](c2ccccc2)N[P+]([O-])(C2=C3CCCCC3=C3CCCC[C@@H]3C2)N1C. The van der Waals surface area contributed by atoms with Gasteiger partial charge in [-0.05, 0) is 74.5 Å². The lowest BCUT2D eigenvalue weighted by Crippen LogP contribution is -2.35. The Morgan fingerprint density at radius 2 is 1.71 bits per heavy atom. The highest BCUT2D eigenvalue weighted by Gasteiger charge is 2.53. The van der Waals surface area contributed by atoms with Crippen molar-refractivity contribution in [2.45, 2.75) is 76.8 Å². The molecule has 0 aromatic heterocycles. The second kappa shape index (κ2) is 7.36. The van der Waals surface area contributed by atoms with E-state index in [1.54, 1.807) is 11.1 Å². The van der Waals surface area contributed by atoms with Gasteiger partial charge in [0.05, 0.1) is 12.1 Å². The Bertz CT molecular complexity index is 817. The first-order chi connectivity index (χ1) is 13.6. The summed E-state index contributed by atoms with van der Waals surface area (Å²) >= 11 is 0. The zero-order valence-electron chi connectivity index (χ0n) is 17.3. The summed E-state index contributed by atoms with van der Waals surface area (Å²) in [5.74, 6) is 0.646. The fraction of sp³-hybridized carbons (Fsp3) is 0.583. The van der Waals surface area contributed by atoms with E-state index in [1.165, 1.54) is 61.4 Å². The van der Waals surface area contributed by atoms with Crippen LogP contribution in [0.3, 0.4) is 0 Å². The van der Waals surface area contributed by atoms with Gasteiger partial charge in [0.25, 0.3) is 0 Å². The molecule has 1 unspecified atom stereocenters. The molecule has 0 radical (unpaired) electrons. The van der Waals surface area contributed by atoms with Crippen molar-refractivity contribution in [2.24, 2.45) is 5.92 Å². The molecule has 1 N–H and O–H groups in total. The fourth-order valence-electron chi connectivity index (χ4n) is 6.09. The summed E-state index contributed by atoms with van der Waals surface area (Å²) in [7, 11) is -0.657. The number of nitrogens with zero attached hydrogens (tertiary/aromatic N) is 1. The van der Waals surface area contributed by atoms with Gasteiger partial charge in [-0.15, -0.1) is 0 Å². The number of nitrogens with one attached hydrogen (secondary N) is 1. The lowest BCUT2D eigenvalue weighted by molar-refractivity contribution is -0.180. The Hall–Kier alpha value is -0.990. The molecule has 5 rings (SSSR count). The zero-order chi connectivity index (χ0) is 19.3. The van der Waals surface area contributed by atoms with E-state index >= 15 is 0 Å². The summed E-state index contributed by atoms with van der Waals surface area (Å²) in [6.45, 7) is 2.22. The van der Waals surface area contributed by atoms with Crippen LogP contribution in [0, 0.1) is 5.92 Å². The minimum absolute atomic E-state index is 0.133. The molecule has 3 fully saturated rings. The van der Waals surface area contributed by atoms with Gasteiger partial charge in [0.1, 0.15) is 13.1 Å². The Labute approximate surface area is 170 Å². The van der Waals surface area contributed by atoms with Crippen molar-refractivity contribution in [3.63, 3.8) is 0 Å². The lowest BCUT2D eigenvalue weighted by atomic mass is 9.71. The van der Waals surface area contributed by atoms with E-state index in [2.05, 4.69) is 54.1 Å². The molecule has 4 heteroatoms. The van der Waals surface area contributed by atoms with E-state index in [-0.39, 0.29) is 12.1 Å². The van der Waals surface area contributed by atoms with Gasteiger partial charge in [0, 0.05) is 13.5 Å². The number of hydrogen-bond acceptors (Lipinski definition) is 3. The molecule has 1 heterocycles. The van der Waals surface area contributed by atoms with Crippen LogP contribution < -0.4 is 9.98 Å². The van der Waals surface area contributed by atoms with Crippen LogP contribution in [0.1, 0.15) is 76.3 Å². The highest BCUT2D eigenvalue weighted by atomic mass is 31.2. The van der Waals surface area contributed by atoms with Crippen LogP contribution in [0.2, 0.25) is 0 Å². The first kappa shape index (κ1) is 19.0. The summed E-state index contributed by atoms with van der Waals surface area (Å²) in [5.41, 5.74) is 6.10. The van der Waals surface area contributed by atoms with Crippen LogP contribution in [-0.4, -0.2) is 17.8 Å². The number of fused-ring (bicyclic) bond motifs is 2. The third kappa shape index (κ3) is 2.94. The van der Waals surface area contributed by atoms with Gasteiger partial charge in [-0.25, -0.2) is 0 Å². The quantitative estimate of drug-likeness (QED) is 0.672.